The summed E-state index contributed by atoms with van der Waals surface area (Å²) >= 11 is 1.80. The van der Waals surface area contributed by atoms with E-state index >= 15 is 0 Å². The van der Waals surface area contributed by atoms with Crippen molar-refractivity contribution in [1.82, 2.24) is 19.7 Å². The number of rotatable bonds is 5. The lowest BCUT2D eigenvalue weighted by Gasteiger charge is -2.20. The van der Waals surface area contributed by atoms with E-state index in [1.165, 1.54) is 32.0 Å². The van der Waals surface area contributed by atoms with Crippen LogP contribution in [0, 0.1) is 12.3 Å². The number of hydrogen-bond donors (Lipinski definition) is 0. The van der Waals surface area contributed by atoms with E-state index in [0.717, 1.165) is 61.8 Å². The summed E-state index contributed by atoms with van der Waals surface area (Å²) in [6.07, 6.45) is 2.94. The first-order valence-electron chi connectivity index (χ1n) is 16.9. The van der Waals surface area contributed by atoms with Gasteiger partial charge in [0.15, 0.2) is 0 Å². The summed E-state index contributed by atoms with van der Waals surface area (Å²) in [5.74, 6) is 2.40. The van der Waals surface area contributed by atoms with Crippen LogP contribution in [-0.4, -0.2) is 19.7 Å². The van der Waals surface area contributed by atoms with Crippen LogP contribution in [0.1, 0.15) is 58.4 Å². The van der Waals surface area contributed by atoms with Crippen LogP contribution >= 0.6 is 11.3 Å². The summed E-state index contributed by atoms with van der Waals surface area (Å²) in [5.41, 5.74) is 7.81. The topological polar surface area (TPSA) is 52.8 Å². The zero-order chi connectivity index (χ0) is 34.1. The highest BCUT2D eigenvalue weighted by molar-refractivity contribution is 7.26. The second-order valence-corrected chi connectivity index (χ2v) is 16.4. The van der Waals surface area contributed by atoms with Gasteiger partial charge in [0.05, 0.1) is 21.4 Å². The van der Waals surface area contributed by atoms with Crippen LogP contribution in [0.4, 0.5) is 0 Å². The maximum absolute atomic E-state index is 6.59. The Morgan fingerprint density at radius 3 is 2.31 bits per heavy atom. The first-order valence-corrected chi connectivity index (χ1v) is 17.7. The van der Waals surface area contributed by atoms with E-state index in [2.05, 4.69) is 143 Å². The van der Waals surface area contributed by atoms with Gasteiger partial charge in [-0.05, 0) is 83.8 Å². The second-order valence-electron chi connectivity index (χ2n) is 15.3. The highest BCUT2D eigenvalue weighted by atomic mass is 32.1. The second kappa shape index (κ2) is 11.5. The molecule has 0 N–H and O–H groups in total. The minimum absolute atomic E-state index is 0.00811. The van der Waals surface area contributed by atoms with Gasteiger partial charge in [0.2, 0.25) is 0 Å². The Bertz CT molecular complexity index is 2540. The highest BCUT2D eigenvalue weighted by Crippen LogP contribution is 2.42. The molecule has 6 heteroatoms. The van der Waals surface area contributed by atoms with Gasteiger partial charge < -0.3 is 4.74 Å². The van der Waals surface area contributed by atoms with Gasteiger partial charge >= 0.3 is 0 Å². The first-order chi connectivity index (χ1) is 23.4. The maximum atomic E-state index is 6.59. The van der Waals surface area contributed by atoms with Gasteiger partial charge in [0.1, 0.15) is 23.0 Å². The van der Waals surface area contributed by atoms with Crippen molar-refractivity contribution in [1.29, 1.82) is 0 Å². The summed E-state index contributed by atoms with van der Waals surface area (Å²) in [4.78, 5) is 4.83. The Morgan fingerprint density at radius 1 is 0.714 bits per heavy atom. The van der Waals surface area contributed by atoms with Gasteiger partial charge in [0.25, 0.3) is 0 Å². The molecule has 49 heavy (non-hydrogen) atoms. The fraction of sp³-hybridized carbons (Fsp3) is 0.233. The van der Waals surface area contributed by atoms with Crippen LogP contribution in [-0.2, 0) is 11.8 Å². The number of aryl methyl sites for hydroxylation is 1. The molecule has 0 aliphatic carbocycles. The normalized spacial score (nSPS) is 12.5. The number of benzene rings is 4. The third-order valence-corrected chi connectivity index (χ3v) is 10.4. The number of para-hydroxylation sites is 1. The van der Waals surface area contributed by atoms with Crippen molar-refractivity contribution in [3.8, 4) is 28.6 Å². The Kier molecular flexibility index (Phi) is 7.34. The summed E-state index contributed by atoms with van der Waals surface area (Å²) in [6, 6.07) is 34.2. The molecule has 8 aromatic rings. The molecule has 244 valence electrons. The summed E-state index contributed by atoms with van der Waals surface area (Å²) in [7, 11) is 0. The molecule has 0 saturated carbocycles. The smallest absolute Gasteiger partial charge is 0.137 e. The van der Waals surface area contributed by atoms with E-state index in [9.17, 15) is 0 Å². The molecule has 0 atom stereocenters. The lowest BCUT2D eigenvalue weighted by Crippen LogP contribution is -2.12. The zero-order valence-electron chi connectivity index (χ0n) is 29.1. The maximum Gasteiger partial charge on any atom is 0.137 e. The van der Waals surface area contributed by atoms with E-state index in [1.807, 2.05) is 18.3 Å². The first kappa shape index (κ1) is 31.2. The predicted octanol–water partition coefficient (Wildman–Crippen LogP) is 12.0. The van der Waals surface area contributed by atoms with Crippen molar-refractivity contribution in [3.05, 3.63) is 120 Å². The number of thiophene rings is 1. The molecule has 0 saturated heterocycles. The predicted molar refractivity (Wildman–Crippen MR) is 206 cm³/mol. The van der Waals surface area contributed by atoms with Crippen molar-refractivity contribution in [2.75, 3.05) is 0 Å². The SMILES string of the molecule is Cc1nnc(-c2cccc(Oc3ccc4c5ccccc5n(-c5cc(C(C)(C)C)ccn5)c4c3)c2)c2sc3cc(CC(C)(C)C)ccc3c12. The molecule has 5 nitrogen and oxygen atoms in total. The fourth-order valence-electron chi connectivity index (χ4n) is 6.91. The molecule has 0 unspecified atom stereocenters. The van der Waals surface area contributed by atoms with Crippen LogP contribution in [0.15, 0.2) is 103 Å². The van der Waals surface area contributed by atoms with Gasteiger partial charge in [0, 0.05) is 44.1 Å². The zero-order valence-corrected chi connectivity index (χ0v) is 29.9. The van der Waals surface area contributed by atoms with E-state index in [1.54, 1.807) is 11.3 Å². The van der Waals surface area contributed by atoms with Crippen LogP contribution in [0.2, 0.25) is 0 Å². The molecular weight excluding hydrogens is 621 g/mol. The molecule has 0 radical (unpaired) electrons. The van der Waals surface area contributed by atoms with Crippen molar-refractivity contribution in [2.45, 2.75) is 60.3 Å². The number of pyridine rings is 1. The third-order valence-electron chi connectivity index (χ3n) is 9.19. The Hall–Kier alpha value is -5.07. The number of aromatic nitrogens is 4. The van der Waals surface area contributed by atoms with E-state index in [4.69, 9.17) is 14.8 Å². The lowest BCUT2D eigenvalue weighted by atomic mass is 9.88. The average Bonchev–Trinajstić information content (AvgIpc) is 3.60. The largest absolute Gasteiger partial charge is 0.457 e. The number of fused-ring (bicyclic) bond motifs is 6. The molecule has 0 aliphatic heterocycles. The lowest BCUT2D eigenvalue weighted by molar-refractivity contribution is 0.411. The summed E-state index contributed by atoms with van der Waals surface area (Å²) in [5, 5.41) is 14.1. The van der Waals surface area contributed by atoms with Gasteiger partial charge in [-0.1, -0.05) is 84.0 Å². The third kappa shape index (κ3) is 5.74. The molecule has 0 amide bonds. The van der Waals surface area contributed by atoms with Crippen molar-refractivity contribution >= 4 is 53.3 Å². The van der Waals surface area contributed by atoms with E-state index in [0.29, 0.717) is 0 Å². The Balaban J connectivity index is 1.19. The van der Waals surface area contributed by atoms with Crippen LogP contribution in [0.25, 0.3) is 59.1 Å². The van der Waals surface area contributed by atoms with E-state index in [-0.39, 0.29) is 10.8 Å². The van der Waals surface area contributed by atoms with Crippen LogP contribution in [0.5, 0.6) is 11.5 Å². The molecular formula is C43H40N4OS. The molecule has 4 aromatic carbocycles. The molecule has 0 bridgehead atoms. The average molecular weight is 661 g/mol. The van der Waals surface area contributed by atoms with Crippen molar-refractivity contribution in [3.63, 3.8) is 0 Å². The Labute approximate surface area is 291 Å². The molecule has 0 spiro atoms. The number of nitrogens with zero attached hydrogens (tertiary/aromatic N) is 4. The van der Waals surface area contributed by atoms with Gasteiger partial charge in [-0.15, -0.1) is 16.4 Å². The molecule has 0 fully saturated rings. The van der Waals surface area contributed by atoms with Crippen LogP contribution in [0.3, 0.4) is 0 Å². The fourth-order valence-corrected chi connectivity index (χ4v) is 8.23. The standard InChI is InChI=1S/C43H40N4OS/c1-26-39-34-17-15-27(25-42(2,3)4)21-37(34)49-41(39)40(46-45-26)28-11-10-12-30(22-28)48-31-16-18-33-32-13-8-9-14-35(32)47(36(33)24-31)38-23-29(19-20-44-38)43(5,6)7/h8-24H,25H2,1-7H3. The minimum Gasteiger partial charge on any atom is -0.457 e. The molecule has 0 aliphatic rings. The minimum atomic E-state index is 0.00811. The number of ether oxygens (including phenoxy) is 1. The van der Waals surface area contributed by atoms with E-state index < -0.39 is 0 Å². The summed E-state index contributed by atoms with van der Waals surface area (Å²) < 4.78 is 11.3. The van der Waals surface area contributed by atoms with Crippen molar-refractivity contribution < 1.29 is 4.74 Å². The number of hydrogen-bond acceptors (Lipinski definition) is 5. The monoisotopic (exact) mass is 660 g/mol. The van der Waals surface area contributed by atoms with Crippen molar-refractivity contribution in [2.24, 2.45) is 5.41 Å². The molecule has 8 rings (SSSR count). The van der Waals surface area contributed by atoms with Gasteiger partial charge in [-0.3, -0.25) is 4.57 Å². The van der Waals surface area contributed by atoms with Gasteiger partial charge in [-0.2, -0.15) is 5.10 Å². The van der Waals surface area contributed by atoms with Gasteiger partial charge in [-0.25, -0.2) is 4.98 Å². The highest BCUT2D eigenvalue weighted by Gasteiger charge is 2.20. The van der Waals surface area contributed by atoms with Crippen LogP contribution < -0.4 is 4.74 Å². The Morgan fingerprint density at radius 2 is 1.49 bits per heavy atom. The molecule has 4 heterocycles. The summed E-state index contributed by atoms with van der Waals surface area (Å²) in [6.45, 7) is 15.6. The quantitative estimate of drug-likeness (QED) is 0.184. The molecule has 4 aromatic heterocycles.